The van der Waals surface area contributed by atoms with Gasteiger partial charge in [0.25, 0.3) is 0 Å². The van der Waals surface area contributed by atoms with Crippen LogP contribution < -0.4 is 5.32 Å². The molecule has 0 spiro atoms. The van der Waals surface area contributed by atoms with Crippen molar-refractivity contribution in [3.8, 4) is 0 Å². The number of hydrogen-bond acceptors (Lipinski definition) is 3. The van der Waals surface area contributed by atoms with E-state index < -0.39 is 0 Å². The summed E-state index contributed by atoms with van der Waals surface area (Å²) in [7, 11) is 0. The first kappa shape index (κ1) is 13.9. The zero-order valence-corrected chi connectivity index (χ0v) is 11.6. The molecule has 1 aliphatic heterocycles. The Labute approximate surface area is 105 Å². The lowest BCUT2D eigenvalue weighted by Crippen LogP contribution is -2.26. The van der Waals surface area contributed by atoms with E-state index in [0.29, 0.717) is 0 Å². The fourth-order valence-corrected chi connectivity index (χ4v) is 2.68. The first-order chi connectivity index (χ1) is 7.83. The van der Waals surface area contributed by atoms with Crippen LogP contribution in [0.4, 0.5) is 0 Å². The van der Waals surface area contributed by atoms with Gasteiger partial charge in [-0.1, -0.05) is 57.7 Å². The third kappa shape index (κ3) is 6.41. The standard InChI is InChI=1S/C13H26N2S/c1-3-4-5-6-7-8-9-14-13-15-10-12(2)11-16-13/h12H,3-11H2,1-2H3,(H,14,15). The van der Waals surface area contributed by atoms with E-state index in [0.717, 1.165) is 19.0 Å². The van der Waals surface area contributed by atoms with Crippen LogP contribution in [0, 0.1) is 5.92 Å². The molecule has 0 radical (unpaired) electrons. The van der Waals surface area contributed by atoms with E-state index >= 15 is 0 Å². The summed E-state index contributed by atoms with van der Waals surface area (Å²) in [4.78, 5) is 4.53. The third-order valence-electron chi connectivity index (χ3n) is 2.86. The topological polar surface area (TPSA) is 24.4 Å². The molecule has 0 aliphatic carbocycles. The number of amidine groups is 1. The number of rotatable bonds is 7. The highest BCUT2D eigenvalue weighted by Crippen LogP contribution is 2.15. The van der Waals surface area contributed by atoms with Gasteiger partial charge in [-0.05, 0) is 12.3 Å². The van der Waals surface area contributed by atoms with E-state index in [1.54, 1.807) is 0 Å². The molecule has 0 fully saturated rings. The number of nitrogens with one attached hydrogen (secondary N) is 1. The summed E-state index contributed by atoms with van der Waals surface area (Å²) in [5.74, 6) is 1.98. The number of hydrogen-bond donors (Lipinski definition) is 1. The SMILES string of the molecule is CCCCCCCCNC1=NCC(C)CS1. The molecule has 0 saturated heterocycles. The molecule has 1 rings (SSSR count). The van der Waals surface area contributed by atoms with E-state index in [1.165, 1.54) is 49.4 Å². The molecule has 0 amide bonds. The fourth-order valence-electron chi connectivity index (χ4n) is 1.77. The summed E-state index contributed by atoms with van der Waals surface area (Å²) in [6.07, 6.45) is 8.19. The van der Waals surface area contributed by atoms with Crippen LogP contribution >= 0.6 is 11.8 Å². The van der Waals surface area contributed by atoms with Crippen molar-refractivity contribution in [3.63, 3.8) is 0 Å². The maximum Gasteiger partial charge on any atom is 0.156 e. The molecular weight excluding hydrogens is 216 g/mol. The van der Waals surface area contributed by atoms with Gasteiger partial charge in [-0.15, -0.1) is 0 Å². The van der Waals surface area contributed by atoms with Gasteiger partial charge in [-0.3, -0.25) is 4.99 Å². The molecule has 16 heavy (non-hydrogen) atoms. The third-order valence-corrected chi connectivity index (χ3v) is 4.14. The second-order valence-electron chi connectivity index (χ2n) is 4.76. The molecule has 1 heterocycles. The number of thioether (sulfide) groups is 1. The summed E-state index contributed by atoms with van der Waals surface area (Å²) in [5, 5.41) is 4.62. The average Bonchev–Trinajstić information content (AvgIpc) is 2.30. The van der Waals surface area contributed by atoms with Crippen molar-refractivity contribution >= 4 is 16.9 Å². The quantitative estimate of drug-likeness (QED) is 0.689. The molecule has 0 aromatic carbocycles. The van der Waals surface area contributed by atoms with Crippen LogP contribution in [0.25, 0.3) is 0 Å². The Morgan fingerprint density at radius 1 is 1.25 bits per heavy atom. The Hall–Kier alpha value is -0.180. The van der Waals surface area contributed by atoms with Crippen LogP contribution in [0.15, 0.2) is 4.99 Å². The fraction of sp³-hybridized carbons (Fsp3) is 0.923. The summed E-state index contributed by atoms with van der Waals surface area (Å²) in [6, 6.07) is 0. The number of nitrogens with zero attached hydrogens (tertiary/aromatic N) is 1. The van der Waals surface area contributed by atoms with E-state index in [4.69, 9.17) is 0 Å². The molecule has 0 aromatic rings. The van der Waals surface area contributed by atoms with Crippen LogP contribution in [0.5, 0.6) is 0 Å². The van der Waals surface area contributed by atoms with Crippen molar-refractivity contribution < 1.29 is 0 Å². The minimum atomic E-state index is 0.754. The summed E-state index contributed by atoms with van der Waals surface area (Å²) in [5.41, 5.74) is 0. The van der Waals surface area contributed by atoms with Crippen LogP contribution in [0.3, 0.4) is 0 Å². The zero-order chi connectivity index (χ0) is 11.6. The Morgan fingerprint density at radius 2 is 2.00 bits per heavy atom. The predicted octanol–water partition coefficient (Wildman–Crippen LogP) is 3.68. The molecule has 3 heteroatoms. The Kier molecular flexibility index (Phi) is 7.73. The second-order valence-corrected chi connectivity index (χ2v) is 5.77. The normalized spacial score (nSPS) is 20.6. The van der Waals surface area contributed by atoms with Gasteiger partial charge < -0.3 is 5.32 Å². The zero-order valence-electron chi connectivity index (χ0n) is 10.8. The largest absolute Gasteiger partial charge is 0.365 e. The monoisotopic (exact) mass is 242 g/mol. The van der Waals surface area contributed by atoms with Gasteiger partial charge in [0.2, 0.25) is 0 Å². The van der Waals surface area contributed by atoms with Gasteiger partial charge >= 0.3 is 0 Å². The summed E-state index contributed by atoms with van der Waals surface area (Å²) in [6.45, 7) is 6.64. The first-order valence-electron chi connectivity index (χ1n) is 6.74. The minimum absolute atomic E-state index is 0.754. The van der Waals surface area contributed by atoms with E-state index in [2.05, 4.69) is 24.2 Å². The summed E-state index contributed by atoms with van der Waals surface area (Å²) < 4.78 is 0. The lowest BCUT2D eigenvalue weighted by molar-refractivity contribution is 0.601. The van der Waals surface area contributed by atoms with Crippen molar-refractivity contribution in [3.05, 3.63) is 0 Å². The van der Waals surface area contributed by atoms with Gasteiger partial charge in [0.05, 0.1) is 0 Å². The second kappa shape index (κ2) is 8.91. The maximum atomic E-state index is 4.53. The number of unbranched alkanes of at least 4 members (excludes halogenated alkanes) is 5. The molecular formula is C13H26N2S. The van der Waals surface area contributed by atoms with E-state index in [1.807, 2.05) is 11.8 Å². The first-order valence-corrected chi connectivity index (χ1v) is 7.72. The molecule has 1 atom stereocenters. The van der Waals surface area contributed by atoms with Crippen LogP contribution in [-0.2, 0) is 0 Å². The molecule has 0 saturated carbocycles. The predicted molar refractivity (Wildman–Crippen MR) is 75.3 cm³/mol. The van der Waals surface area contributed by atoms with Crippen molar-refractivity contribution in [2.75, 3.05) is 18.8 Å². The molecule has 0 aromatic heterocycles. The van der Waals surface area contributed by atoms with Crippen molar-refractivity contribution in [2.24, 2.45) is 10.9 Å². The van der Waals surface area contributed by atoms with Crippen molar-refractivity contribution in [1.29, 1.82) is 0 Å². The van der Waals surface area contributed by atoms with Gasteiger partial charge in [0.15, 0.2) is 5.17 Å². The highest BCUT2D eigenvalue weighted by molar-refractivity contribution is 8.13. The van der Waals surface area contributed by atoms with Gasteiger partial charge in [-0.2, -0.15) is 0 Å². The Balaban J connectivity index is 1.91. The molecule has 94 valence electrons. The van der Waals surface area contributed by atoms with Crippen LogP contribution in [0.1, 0.15) is 52.4 Å². The van der Waals surface area contributed by atoms with Crippen LogP contribution in [0.2, 0.25) is 0 Å². The molecule has 0 bridgehead atoms. The van der Waals surface area contributed by atoms with Gasteiger partial charge in [0, 0.05) is 18.8 Å². The molecule has 2 nitrogen and oxygen atoms in total. The van der Waals surface area contributed by atoms with Gasteiger partial charge in [-0.25, -0.2) is 0 Å². The van der Waals surface area contributed by atoms with Crippen molar-refractivity contribution in [1.82, 2.24) is 5.32 Å². The Morgan fingerprint density at radius 3 is 2.69 bits per heavy atom. The summed E-state index contributed by atoms with van der Waals surface area (Å²) >= 11 is 1.88. The molecule has 1 N–H and O–H groups in total. The lowest BCUT2D eigenvalue weighted by atomic mass is 10.1. The smallest absolute Gasteiger partial charge is 0.156 e. The molecule has 1 unspecified atom stereocenters. The van der Waals surface area contributed by atoms with Crippen molar-refractivity contribution in [2.45, 2.75) is 52.4 Å². The lowest BCUT2D eigenvalue weighted by Gasteiger charge is -2.17. The Bertz CT molecular complexity index is 204. The molecule has 1 aliphatic rings. The van der Waals surface area contributed by atoms with E-state index in [9.17, 15) is 0 Å². The average molecular weight is 242 g/mol. The highest BCUT2D eigenvalue weighted by atomic mass is 32.2. The number of aliphatic imine (C=N–C) groups is 1. The minimum Gasteiger partial charge on any atom is -0.365 e. The van der Waals surface area contributed by atoms with Crippen LogP contribution in [-0.4, -0.2) is 24.0 Å². The highest BCUT2D eigenvalue weighted by Gasteiger charge is 2.10. The van der Waals surface area contributed by atoms with E-state index in [-0.39, 0.29) is 0 Å². The van der Waals surface area contributed by atoms with Gasteiger partial charge in [0.1, 0.15) is 0 Å². The maximum absolute atomic E-state index is 4.53.